The van der Waals surface area contributed by atoms with Crippen LogP contribution in [0.15, 0.2) is 24.3 Å². The lowest BCUT2D eigenvalue weighted by molar-refractivity contribution is 0.141. The van der Waals surface area contributed by atoms with E-state index in [1.165, 1.54) is 5.69 Å². The van der Waals surface area contributed by atoms with Crippen LogP contribution in [0, 0.1) is 0 Å². The quantitative estimate of drug-likeness (QED) is 0.658. The molecule has 0 unspecified atom stereocenters. The van der Waals surface area contributed by atoms with E-state index in [0.717, 1.165) is 45.1 Å². The number of ether oxygens (including phenoxy) is 2. The Kier molecular flexibility index (Phi) is 8.21. The molecule has 0 fully saturated rings. The van der Waals surface area contributed by atoms with Gasteiger partial charge in [-0.3, -0.25) is 0 Å². The summed E-state index contributed by atoms with van der Waals surface area (Å²) in [5, 5.41) is 0. The molecule has 0 bridgehead atoms. The zero-order valence-corrected chi connectivity index (χ0v) is 12.1. The lowest BCUT2D eigenvalue weighted by Crippen LogP contribution is -2.32. The van der Waals surface area contributed by atoms with Crippen LogP contribution in [0.25, 0.3) is 0 Å². The fourth-order valence-corrected chi connectivity index (χ4v) is 1.98. The van der Waals surface area contributed by atoms with E-state index in [0.29, 0.717) is 6.54 Å². The van der Waals surface area contributed by atoms with Gasteiger partial charge in [-0.15, -0.1) is 0 Å². The third-order valence-corrected chi connectivity index (χ3v) is 2.97. The zero-order valence-electron chi connectivity index (χ0n) is 12.1. The molecular formula is C15H26N2O2. The molecule has 108 valence electrons. The molecule has 1 aromatic carbocycles. The van der Waals surface area contributed by atoms with Gasteiger partial charge in [-0.05, 0) is 25.5 Å². The summed E-state index contributed by atoms with van der Waals surface area (Å²) in [5.74, 6) is 0. The Bertz CT molecular complexity index is 335. The standard InChI is InChI=1S/C15H26N2O2/c1-3-18-11-9-17(10-12-19-4-2)15-8-6-5-7-14(15)13-16/h5-8H,3-4,9-13,16H2,1-2H3. The van der Waals surface area contributed by atoms with Crippen molar-refractivity contribution in [2.75, 3.05) is 44.4 Å². The number of benzene rings is 1. The van der Waals surface area contributed by atoms with Crippen molar-refractivity contribution in [2.45, 2.75) is 20.4 Å². The first-order chi connectivity index (χ1) is 9.33. The minimum absolute atomic E-state index is 0.552. The van der Waals surface area contributed by atoms with Crippen LogP contribution in [0.3, 0.4) is 0 Å². The van der Waals surface area contributed by atoms with Crippen molar-refractivity contribution >= 4 is 5.69 Å². The van der Waals surface area contributed by atoms with Gasteiger partial charge in [0.05, 0.1) is 13.2 Å². The second kappa shape index (κ2) is 9.78. The maximum absolute atomic E-state index is 5.81. The topological polar surface area (TPSA) is 47.7 Å². The molecule has 1 rings (SSSR count). The monoisotopic (exact) mass is 266 g/mol. The van der Waals surface area contributed by atoms with Crippen LogP contribution in [0.4, 0.5) is 5.69 Å². The SMILES string of the molecule is CCOCCN(CCOCC)c1ccccc1CN. The Labute approximate surface area is 116 Å². The molecule has 4 heteroatoms. The minimum atomic E-state index is 0.552. The largest absolute Gasteiger partial charge is 0.380 e. The molecule has 0 aliphatic heterocycles. The number of nitrogens with zero attached hydrogens (tertiary/aromatic N) is 1. The first-order valence-electron chi connectivity index (χ1n) is 7.01. The molecule has 0 aliphatic carbocycles. The normalized spacial score (nSPS) is 10.7. The molecule has 0 amide bonds. The number of rotatable bonds is 10. The summed E-state index contributed by atoms with van der Waals surface area (Å²) in [7, 11) is 0. The molecular weight excluding hydrogens is 240 g/mol. The van der Waals surface area contributed by atoms with Crippen molar-refractivity contribution in [2.24, 2.45) is 5.73 Å². The van der Waals surface area contributed by atoms with Gasteiger partial charge in [-0.2, -0.15) is 0 Å². The van der Waals surface area contributed by atoms with E-state index < -0.39 is 0 Å². The van der Waals surface area contributed by atoms with E-state index in [9.17, 15) is 0 Å². The maximum atomic E-state index is 5.81. The zero-order chi connectivity index (χ0) is 13.9. The second-order valence-electron chi connectivity index (χ2n) is 4.21. The summed E-state index contributed by atoms with van der Waals surface area (Å²) in [4.78, 5) is 2.29. The molecule has 19 heavy (non-hydrogen) atoms. The highest BCUT2D eigenvalue weighted by Crippen LogP contribution is 2.19. The fourth-order valence-electron chi connectivity index (χ4n) is 1.98. The van der Waals surface area contributed by atoms with Gasteiger partial charge in [0.15, 0.2) is 0 Å². The van der Waals surface area contributed by atoms with Crippen molar-refractivity contribution in [3.63, 3.8) is 0 Å². The van der Waals surface area contributed by atoms with Gasteiger partial charge in [0, 0.05) is 38.5 Å². The molecule has 0 aliphatic rings. The highest BCUT2D eigenvalue weighted by Gasteiger charge is 2.09. The van der Waals surface area contributed by atoms with Gasteiger partial charge in [0.2, 0.25) is 0 Å². The summed E-state index contributed by atoms with van der Waals surface area (Å²) in [6.45, 7) is 9.24. The molecule has 0 atom stereocenters. The molecule has 0 spiro atoms. The average molecular weight is 266 g/mol. The summed E-state index contributed by atoms with van der Waals surface area (Å²) in [6.07, 6.45) is 0. The Hall–Kier alpha value is -1.10. The average Bonchev–Trinajstić information content (AvgIpc) is 2.46. The number of hydrogen-bond donors (Lipinski definition) is 1. The van der Waals surface area contributed by atoms with E-state index in [1.807, 2.05) is 26.0 Å². The van der Waals surface area contributed by atoms with Crippen LogP contribution >= 0.6 is 0 Å². The third kappa shape index (κ3) is 5.59. The van der Waals surface area contributed by atoms with Gasteiger partial charge >= 0.3 is 0 Å². The minimum Gasteiger partial charge on any atom is -0.380 e. The van der Waals surface area contributed by atoms with Crippen molar-refractivity contribution in [3.8, 4) is 0 Å². The first-order valence-corrected chi connectivity index (χ1v) is 7.01. The van der Waals surface area contributed by atoms with Crippen LogP contribution in [-0.4, -0.2) is 39.5 Å². The highest BCUT2D eigenvalue weighted by atomic mass is 16.5. The molecule has 4 nitrogen and oxygen atoms in total. The van der Waals surface area contributed by atoms with Gasteiger partial charge < -0.3 is 20.1 Å². The number of anilines is 1. The summed E-state index contributed by atoms with van der Waals surface area (Å²) < 4.78 is 10.9. The lowest BCUT2D eigenvalue weighted by Gasteiger charge is -2.26. The van der Waals surface area contributed by atoms with Gasteiger partial charge in [0.25, 0.3) is 0 Å². The van der Waals surface area contributed by atoms with Crippen molar-refractivity contribution in [1.29, 1.82) is 0 Å². The van der Waals surface area contributed by atoms with Crippen molar-refractivity contribution in [1.82, 2.24) is 0 Å². The first kappa shape index (κ1) is 16.0. The Morgan fingerprint density at radius 2 is 1.58 bits per heavy atom. The van der Waals surface area contributed by atoms with E-state index in [-0.39, 0.29) is 0 Å². The summed E-state index contributed by atoms with van der Waals surface area (Å²) >= 11 is 0. The number of nitrogens with two attached hydrogens (primary N) is 1. The lowest BCUT2D eigenvalue weighted by atomic mass is 10.1. The van der Waals surface area contributed by atoms with Gasteiger partial charge in [0.1, 0.15) is 0 Å². The van der Waals surface area contributed by atoms with E-state index in [1.54, 1.807) is 0 Å². The molecule has 2 N–H and O–H groups in total. The van der Waals surface area contributed by atoms with E-state index >= 15 is 0 Å². The molecule has 0 saturated carbocycles. The Balaban J connectivity index is 2.69. The molecule has 0 radical (unpaired) electrons. The molecule has 0 heterocycles. The van der Waals surface area contributed by atoms with Crippen LogP contribution < -0.4 is 10.6 Å². The second-order valence-corrected chi connectivity index (χ2v) is 4.21. The van der Waals surface area contributed by atoms with Crippen LogP contribution in [-0.2, 0) is 16.0 Å². The van der Waals surface area contributed by atoms with Gasteiger partial charge in [-0.1, -0.05) is 18.2 Å². The maximum Gasteiger partial charge on any atom is 0.0641 e. The summed E-state index contributed by atoms with van der Waals surface area (Å²) in [6, 6.07) is 8.25. The van der Waals surface area contributed by atoms with E-state index in [4.69, 9.17) is 15.2 Å². The number of hydrogen-bond acceptors (Lipinski definition) is 4. The molecule has 0 saturated heterocycles. The van der Waals surface area contributed by atoms with Crippen LogP contribution in [0.1, 0.15) is 19.4 Å². The Morgan fingerprint density at radius 1 is 1.00 bits per heavy atom. The Morgan fingerprint density at radius 3 is 2.11 bits per heavy atom. The highest BCUT2D eigenvalue weighted by molar-refractivity contribution is 5.53. The van der Waals surface area contributed by atoms with Crippen molar-refractivity contribution < 1.29 is 9.47 Å². The number of para-hydroxylation sites is 1. The molecule has 1 aromatic rings. The van der Waals surface area contributed by atoms with Crippen LogP contribution in [0.5, 0.6) is 0 Å². The predicted molar refractivity (Wildman–Crippen MR) is 79.5 cm³/mol. The molecule has 0 aromatic heterocycles. The fraction of sp³-hybridized carbons (Fsp3) is 0.600. The third-order valence-electron chi connectivity index (χ3n) is 2.97. The smallest absolute Gasteiger partial charge is 0.0641 e. The van der Waals surface area contributed by atoms with Crippen LogP contribution in [0.2, 0.25) is 0 Å². The van der Waals surface area contributed by atoms with Gasteiger partial charge in [-0.25, -0.2) is 0 Å². The summed E-state index contributed by atoms with van der Waals surface area (Å²) in [5.41, 5.74) is 8.16. The van der Waals surface area contributed by atoms with Crippen molar-refractivity contribution in [3.05, 3.63) is 29.8 Å². The van der Waals surface area contributed by atoms with E-state index in [2.05, 4.69) is 17.0 Å². The predicted octanol–water partition coefficient (Wildman–Crippen LogP) is 2.02.